The van der Waals surface area contributed by atoms with Crippen LogP contribution in [0.2, 0.25) is 0 Å². The topological polar surface area (TPSA) is 49.5 Å². The number of aliphatic hydroxyl groups excluding tert-OH is 1. The maximum absolute atomic E-state index is 8.33. The lowest BCUT2D eigenvalue weighted by molar-refractivity contribution is 0.264. The largest absolute Gasteiger partial charge is 0.395 e. The molecule has 3 N–H and O–H groups in total. The van der Waals surface area contributed by atoms with E-state index in [1.165, 1.54) is 0 Å². The maximum atomic E-state index is 8.33. The second-order valence-electron chi connectivity index (χ2n) is 1.47. The van der Waals surface area contributed by atoms with Crippen LogP contribution in [-0.4, -0.2) is 35.7 Å². The second-order valence-corrected chi connectivity index (χ2v) is 2.03. The fourth-order valence-electron chi connectivity index (χ4n) is 0.376. The van der Waals surface area contributed by atoms with Crippen molar-refractivity contribution in [2.75, 3.05) is 26.2 Å². The predicted molar refractivity (Wildman–Crippen MR) is 36.7 cm³/mol. The van der Waals surface area contributed by atoms with E-state index in [4.69, 9.17) is 10.8 Å². The molecule has 8 heavy (non-hydrogen) atoms. The van der Waals surface area contributed by atoms with Crippen molar-refractivity contribution in [3.05, 3.63) is 0 Å². The summed E-state index contributed by atoms with van der Waals surface area (Å²) in [6, 6.07) is 0. The summed E-state index contributed by atoms with van der Waals surface area (Å²) in [5.74, 6) is 0. The number of aliphatic hydroxyl groups is 1. The Morgan fingerprint density at radius 3 is 2.50 bits per heavy atom. The highest BCUT2D eigenvalue weighted by molar-refractivity contribution is 7.77. The van der Waals surface area contributed by atoms with Crippen LogP contribution in [0.1, 0.15) is 0 Å². The monoisotopic (exact) mass is 136 g/mol. The van der Waals surface area contributed by atoms with Crippen LogP contribution in [0, 0.1) is 0 Å². The van der Waals surface area contributed by atoms with Crippen LogP contribution in [0.4, 0.5) is 0 Å². The van der Waals surface area contributed by atoms with E-state index < -0.39 is 0 Å². The fraction of sp³-hybridized carbons (Fsp3) is 1.00. The summed E-state index contributed by atoms with van der Waals surface area (Å²) in [7, 11) is 0. The molecule has 0 aliphatic rings. The van der Waals surface area contributed by atoms with Crippen LogP contribution >= 0.6 is 12.8 Å². The first-order valence-corrected chi connectivity index (χ1v) is 2.96. The van der Waals surface area contributed by atoms with E-state index in [-0.39, 0.29) is 6.61 Å². The smallest absolute Gasteiger partial charge is 0.0567 e. The Morgan fingerprint density at radius 1 is 1.50 bits per heavy atom. The lowest BCUT2D eigenvalue weighted by Gasteiger charge is -2.10. The van der Waals surface area contributed by atoms with Gasteiger partial charge in [-0.2, -0.15) is 0 Å². The molecule has 3 nitrogen and oxygen atoms in total. The number of thiol groups is 1. The SMILES string of the molecule is NCCN(S)CCO. The van der Waals surface area contributed by atoms with E-state index in [9.17, 15) is 0 Å². The Morgan fingerprint density at radius 2 is 2.12 bits per heavy atom. The second kappa shape index (κ2) is 5.37. The molecule has 0 radical (unpaired) electrons. The fourth-order valence-corrected chi connectivity index (χ4v) is 0.581. The first kappa shape index (κ1) is 8.23. The van der Waals surface area contributed by atoms with Crippen molar-refractivity contribution in [2.45, 2.75) is 0 Å². The summed E-state index contributed by atoms with van der Waals surface area (Å²) >= 11 is 3.98. The summed E-state index contributed by atoms with van der Waals surface area (Å²) in [6.45, 7) is 2.04. The van der Waals surface area contributed by atoms with Gasteiger partial charge in [0.2, 0.25) is 0 Å². The summed E-state index contributed by atoms with van der Waals surface area (Å²) in [5.41, 5.74) is 5.19. The van der Waals surface area contributed by atoms with Crippen LogP contribution in [0.3, 0.4) is 0 Å². The van der Waals surface area contributed by atoms with E-state index >= 15 is 0 Å². The number of hydrogen-bond donors (Lipinski definition) is 3. The van der Waals surface area contributed by atoms with Gasteiger partial charge in [0.05, 0.1) is 6.61 Å². The number of nitrogens with zero attached hydrogens (tertiary/aromatic N) is 1. The van der Waals surface area contributed by atoms with Crippen LogP contribution in [0.25, 0.3) is 0 Å². The normalized spacial score (nSPS) is 10.5. The van der Waals surface area contributed by atoms with Gasteiger partial charge in [0.1, 0.15) is 0 Å². The molecule has 0 fully saturated rings. The lowest BCUT2D eigenvalue weighted by atomic mass is 10.6. The Labute approximate surface area is 55.0 Å². The Balaban J connectivity index is 2.92. The molecule has 0 aliphatic heterocycles. The maximum Gasteiger partial charge on any atom is 0.0567 e. The Hall–Kier alpha value is 0.230. The first-order valence-electron chi connectivity index (χ1n) is 2.56. The lowest BCUT2D eigenvalue weighted by Crippen LogP contribution is -2.23. The van der Waals surface area contributed by atoms with Gasteiger partial charge in [0.15, 0.2) is 0 Å². The molecule has 0 bridgehead atoms. The van der Waals surface area contributed by atoms with Gasteiger partial charge in [-0.15, -0.1) is 0 Å². The van der Waals surface area contributed by atoms with Crippen molar-refractivity contribution >= 4 is 12.8 Å². The molecular formula is C4H12N2OS. The Kier molecular flexibility index (Phi) is 5.52. The molecule has 0 unspecified atom stereocenters. The molecule has 4 heteroatoms. The number of rotatable bonds is 4. The summed E-state index contributed by atoms with van der Waals surface area (Å²) in [4.78, 5) is 0. The van der Waals surface area contributed by atoms with Crippen molar-refractivity contribution < 1.29 is 5.11 Å². The highest BCUT2D eigenvalue weighted by Crippen LogP contribution is 1.87. The third kappa shape index (κ3) is 4.39. The zero-order valence-electron chi connectivity index (χ0n) is 4.75. The molecular weight excluding hydrogens is 124 g/mol. The molecule has 0 aromatic carbocycles. The van der Waals surface area contributed by atoms with E-state index in [0.29, 0.717) is 13.1 Å². The van der Waals surface area contributed by atoms with E-state index in [2.05, 4.69) is 12.8 Å². The quantitative estimate of drug-likeness (QED) is 0.438. The van der Waals surface area contributed by atoms with Crippen LogP contribution < -0.4 is 5.73 Å². The molecule has 0 aliphatic carbocycles. The molecule has 0 saturated carbocycles. The van der Waals surface area contributed by atoms with Gasteiger partial charge >= 0.3 is 0 Å². The average molecular weight is 136 g/mol. The molecule has 50 valence electrons. The van der Waals surface area contributed by atoms with E-state index in [1.807, 2.05) is 0 Å². The average Bonchev–Trinajstić information content (AvgIpc) is 1.68. The van der Waals surface area contributed by atoms with Gasteiger partial charge < -0.3 is 10.8 Å². The van der Waals surface area contributed by atoms with Crippen molar-refractivity contribution in [1.82, 2.24) is 4.31 Å². The van der Waals surface area contributed by atoms with Gasteiger partial charge in [0, 0.05) is 19.6 Å². The molecule has 0 spiro atoms. The minimum absolute atomic E-state index is 0.142. The summed E-state index contributed by atoms with van der Waals surface area (Å²) in [6.07, 6.45) is 0. The van der Waals surface area contributed by atoms with Gasteiger partial charge in [-0.1, -0.05) is 12.8 Å². The van der Waals surface area contributed by atoms with Gasteiger partial charge in [-0.05, 0) is 0 Å². The van der Waals surface area contributed by atoms with Crippen molar-refractivity contribution in [2.24, 2.45) is 5.73 Å². The predicted octanol–water partition coefficient (Wildman–Crippen LogP) is -0.916. The standard InChI is InChI=1S/C4H12N2OS/c5-1-2-6(8)3-4-7/h7-8H,1-5H2. The highest BCUT2D eigenvalue weighted by Gasteiger charge is 1.92. The molecule has 0 rings (SSSR count). The number of nitrogens with two attached hydrogens (primary N) is 1. The first-order chi connectivity index (χ1) is 3.81. The van der Waals surface area contributed by atoms with E-state index in [1.54, 1.807) is 4.31 Å². The molecule has 0 saturated heterocycles. The van der Waals surface area contributed by atoms with Crippen molar-refractivity contribution in [3.8, 4) is 0 Å². The zero-order valence-corrected chi connectivity index (χ0v) is 5.64. The van der Waals surface area contributed by atoms with Crippen LogP contribution in [0.15, 0.2) is 0 Å². The zero-order chi connectivity index (χ0) is 6.41. The van der Waals surface area contributed by atoms with Crippen LogP contribution in [-0.2, 0) is 0 Å². The Bertz CT molecular complexity index is 47.3. The van der Waals surface area contributed by atoms with Crippen LogP contribution in [0.5, 0.6) is 0 Å². The van der Waals surface area contributed by atoms with Gasteiger partial charge in [-0.25, -0.2) is 4.31 Å². The number of hydrogen-bond acceptors (Lipinski definition) is 4. The minimum atomic E-state index is 0.142. The summed E-state index contributed by atoms with van der Waals surface area (Å²) < 4.78 is 1.68. The highest BCUT2D eigenvalue weighted by atomic mass is 32.1. The summed E-state index contributed by atoms with van der Waals surface area (Å²) in [5, 5.41) is 8.33. The molecule has 0 aromatic rings. The molecule has 0 aromatic heterocycles. The van der Waals surface area contributed by atoms with Crippen molar-refractivity contribution in [3.63, 3.8) is 0 Å². The van der Waals surface area contributed by atoms with Gasteiger partial charge in [-0.3, -0.25) is 0 Å². The molecule has 0 atom stereocenters. The van der Waals surface area contributed by atoms with Crippen molar-refractivity contribution in [1.29, 1.82) is 0 Å². The molecule has 0 heterocycles. The third-order valence-electron chi connectivity index (χ3n) is 0.745. The third-order valence-corrected chi connectivity index (χ3v) is 1.15. The minimum Gasteiger partial charge on any atom is -0.395 e. The van der Waals surface area contributed by atoms with Gasteiger partial charge in [0.25, 0.3) is 0 Å². The van der Waals surface area contributed by atoms with E-state index in [0.717, 1.165) is 6.54 Å². The molecule has 0 amide bonds.